The number of aliphatic carboxylic acids is 1. The minimum atomic E-state index is -1.14. The highest BCUT2D eigenvalue weighted by molar-refractivity contribution is 6.30. The van der Waals surface area contributed by atoms with Gasteiger partial charge in [0.2, 0.25) is 5.91 Å². The van der Waals surface area contributed by atoms with Crippen molar-refractivity contribution >= 4 is 41.2 Å². The summed E-state index contributed by atoms with van der Waals surface area (Å²) in [7, 11) is 0. The van der Waals surface area contributed by atoms with Crippen LogP contribution in [0.4, 0.5) is 4.79 Å². The summed E-state index contributed by atoms with van der Waals surface area (Å²) in [5.74, 6) is -1.50. The van der Waals surface area contributed by atoms with E-state index >= 15 is 0 Å². The minimum absolute atomic E-state index is 0.231. The highest BCUT2D eigenvalue weighted by Crippen LogP contribution is 2.52. The summed E-state index contributed by atoms with van der Waals surface area (Å²) in [5, 5.41) is 10.9. The normalized spacial score (nSPS) is 26.8. The third kappa shape index (κ3) is 5.73. The number of amides is 2. The molecule has 5 atom stereocenters. The van der Waals surface area contributed by atoms with Crippen LogP contribution in [0.15, 0.2) is 48.5 Å². The number of carboxylic acid groups (broad SMARTS) is 1. The van der Waals surface area contributed by atoms with Gasteiger partial charge in [-0.15, -0.1) is 0 Å². The van der Waals surface area contributed by atoms with Crippen LogP contribution in [0.3, 0.4) is 0 Å². The zero-order valence-electron chi connectivity index (χ0n) is 21.2. The van der Waals surface area contributed by atoms with Crippen molar-refractivity contribution < 1.29 is 24.2 Å². The SMILES string of the molecule is CC[C@@H](CN1CC(C)OC1=O)N1C(=O)[C@@](C)(CC(=O)O)C[C@H](c2cccc(Cl)c2)[C@H]1c1ccc(Cl)cc1. The molecule has 0 saturated carbocycles. The van der Waals surface area contributed by atoms with E-state index in [0.29, 0.717) is 36.0 Å². The lowest BCUT2D eigenvalue weighted by Gasteiger charge is -2.52. The van der Waals surface area contributed by atoms with Crippen LogP contribution in [0, 0.1) is 5.41 Å². The fourth-order valence-electron chi connectivity index (χ4n) is 5.77. The van der Waals surface area contributed by atoms with Gasteiger partial charge in [-0.25, -0.2) is 4.79 Å². The van der Waals surface area contributed by atoms with E-state index in [1.54, 1.807) is 30.0 Å². The third-order valence-electron chi connectivity index (χ3n) is 7.47. The molecule has 1 N–H and O–H groups in total. The molecule has 7 nitrogen and oxygen atoms in total. The van der Waals surface area contributed by atoms with Crippen LogP contribution in [0.25, 0.3) is 0 Å². The predicted molar refractivity (Wildman–Crippen MR) is 142 cm³/mol. The first kappa shape index (κ1) is 27.3. The molecule has 2 saturated heterocycles. The van der Waals surface area contributed by atoms with Crippen molar-refractivity contribution in [1.82, 2.24) is 9.80 Å². The van der Waals surface area contributed by atoms with E-state index in [0.717, 1.165) is 11.1 Å². The average Bonchev–Trinajstić information content (AvgIpc) is 3.15. The lowest BCUT2D eigenvalue weighted by Crippen LogP contribution is -2.58. The van der Waals surface area contributed by atoms with Crippen LogP contribution >= 0.6 is 23.2 Å². The number of ether oxygens (including phenoxy) is 1. The molecular weight excluding hydrogens is 515 g/mol. The summed E-state index contributed by atoms with van der Waals surface area (Å²) in [4.78, 5) is 42.1. The largest absolute Gasteiger partial charge is 0.481 e. The van der Waals surface area contributed by atoms with E-state index in [1.807, 2.05) is 49.1 Å². The Morgan fingerprint density at radius 2 is 1.84 bits per heavy atom. The van der Waals surface area contributed by atoms with Gasteiger partial charge in [-0.3, -0.25) is 9.59 Å². The van der Waals surface area contributed by atoms with E-state index < -0.39 is 23.5 Å². The van der Waals surface area contributed by atoms with E-state index in [4.69, 9.17) is 27.9 Å². The van der Waals surface area contributed by atoms with E-state index in [1.165, 1.54) is 0 Å². The number of piperidine rings is 1. The second-order valence-corrected chi connectivity index (χ2v) is 11.2. The van der Waals surface area contributed by atoms with Crippen molar-refractivity contribution in [2.24, 2.45) is 5.41 Å². The van der Waals surface area contributed by atoms with Gasteiger partial charge in [-0.05, 0) is 55.2 Å². The van der Waals surface area contributed by atoms with Crippen LogP contribution in [0.5, 0.6) is 0 Å². The molecule has 4 rings (SSSR count). The number of rotatable bonds is 8. The Hall–Kier alpha value is -2.77. The molecule has 0 spiro atoms. The maximum absolute atomic E-state index is 14.3. The number of benzene rings is 2. The summed E-state index contributed by atoms with van der Waals surface area (Å²) >= 11 is 12.6. The molecular formula is C28H32Cl2N2O5. The van der Waals surface area contributed by atoms with Gasteiger partial charge in [0.1, 0.15) is 6.10 Å². The molecule has 0 bridgehead atoms. The molecule has 37 heavy (non-hydrogen) atoms. The Morgan fingerprint density at radius 1 is 1.14 bits per heavy atom. The summed E-state index contributed by atoms with van der Waals surface area (Å²) in [6.07, 6.45) is -0.0314. The summed E-state index contributed by atoms with van der Waals surface area (Å²) < 4.78 is 5.33. The molecule has 2 aromatic rings. The van der Waals surface area contributed by atoms with Crippen molar-refractivity contribution in [3.05, 3.63) is 69.7 Å². The number of carboxylic acids is 1. The number of hydrogen-bond acceptors (Lipinski definition) is 4. The molecule has 0 radical (unpaired) electrons. The molecule has 0 aliphatic carbocycles. The maximum Gasteiger partial charge on any atom is 0.410 e. The monoisotopic (exact) mass is 546 g/mol. The summed E-state index contributed by atoms with van der Waals surface area (Å²) in [6.45, 7) is 6.26. The lowest BCUT2D eigenvalue weighted by atomic mass is 9.67. The number of halogens is 2. The van der Waals surface area contributed by atoms with Gasteiger partial charge in [0.05, 0.1) is 24.4 Å². The zero-order valence-corrected chi connectivity index (χ0v) is 22.7. The highest BCUT2D eigenvalue weighted by atomic mass is 35.5. The molecule has 0 aromatic heterocycles. The highest BCUT2D eigenvalue weighted by Gasteiger charge is 2.52. The number of likely N-dealkylation sites (tertiary alicyclic amines) is 1. The van der Waals surface area contributed by atoms with Crippen LogP contribution in [-0.4, -0.2) is 58.1 Å². The second kappa shape index (κ2) is 10.9. The van der Waals surface area contributed by atoms with Crippen LogP contribution in [-0.2, 0) is 14.3 Å². The Bertz CT molecular complexity index is 1170. The number of nitrogens with zero attached hydrogens (tertiary/aromatic N) is 2. The van der Waals surface area contributed by atoms with Gasteiger partial charge in [-0.2, -0.15) is 0 Å². The van der Waals surface area contributed by atoms with Gasteiger partial charge < -0.3 is 19.6 Å². The number of cyclic esters (lactones) is 1. The van der Waals surface area contributed by atoms with Crippen molar-refractivity contribution in [2.75, 3.05) is 13.1 Å². The average molecular weight is 547 g/mol. The molecule has 9 heteroatoms. The van der Waals surface area contributed by atoms with E-state index in [2.05, 4.69) is 0 Å². The first-order valence-corrected chi connectivity index (χ1v) is 13.3. The quantitative estimate of drug-likeness (QED) is 0.429. The third-order valence-corrected chi connectivity index (χ3v) is 7.95. The first-order chi connectivity index (χ1) is 17.5. The van der Waals surface area contributed by atoms with Crippen molar-refractivity contribution in [3.8, 4) is 0 Å². The van der Waals surface area contributed by atoms with Gasteiger partial charge in [0.15, 0.2) is 0 Å². The van der Waals surface area contributed by atoms with Crippen molar-refractivity contribution in [3.63, 3.8) is 0 Å². The van der Waals surface area contributed by atoms with Gasteiger partial charge >= 0.3 is 12.1 Å². The molecule has 1 unspecified atom stereocenters. The van der Waals surface area contributed by atoms with Gasteiger partial charge in [0, 0.05) is 28.5 Å². The lowest BCUT2D eigenvalue weighted by molar-refractivity contribution is -0.161. The van der Waals surface area contributed by atoms with E-state index in [9.17, 15) is 19.5 Å². The number of hydrogen-bond donors (Lipinski definition) is 1. The molecule has 2 amide bonds. The fourth-order valence-corrected chi connectivity index (χ4v) is 6.09. The number of carbonyl (C=O) groups is 3. The molecule has 2 aliphatic heterocycles. The topological polar surface area (TPSA) is 87.2 Å². The van der Waals surface area contributed by atoms with E-state index in [-0.39, 0.29) is 30.4 Å². The zero-order chi connectivity index (χ0) is 26.9. The Morgan fingerprint density at radius 3 is 2.41 bits per heavy atom. The van der Waals surface area contributed by atoms with Crippen molar-refractivity contribution in [2.45, 2.75) is 64.1 Å². The van der Waals surface area contributed by atoms with Gasteiger partial charge in [-0.1, -0.05) is 61.3 Å². The number of carbonyl (C=O) groups excluding carboxylic acids is 2. The van der Waals surface area contributed by atoms with Crippen LogP contribution in [0.1, 0.15) is 63.1 Å². The minimum Gasteiger partial charge on any atom is -0.481 e. The second-order valence-electron chi connectivity index (χ2n) is 10.4. The Balaban J connectivity index is 1.86. The van der Waals surface area contributed by atoms with Crippen LogP contribution < -0.4 is 0 Å². The Kier molecular flexibility index (Phi) is 8.05. The Labute approximate surface area is 227 Å². The molecule has 2 aliphatic rings. The summed E-state index contributed by atoms with van der Waals surface area (Å²) in [5.41, 5.74) is 0.662. The fraction of sp³-hybridized carbons (Fsp3) is 0.464. The first-order valence-electron chi connectivity index (χ1n) is 12.5. The van der Waals surface area contributed by atoms with Gasteiger partial charge in [0.25, 0.3) is 0 Å². The standard InChI is InChI=1S/C28H32Cl2N2O5/c1-4-22(16-31-15-17(2)37-27(31)36)32-25(18-8-10-20(29)11-9-18)23(19-6-5-7-21(30)12-19)13-28(3,26(32)35)14-24(33)34/h5-12,17,22-23,25H,4,13-16H2,1-3H3,(H,33,34)/t17?,22-,23+,25+,28+/m0/s1. The predicted octanol–water partition coefficient (Wildman–Crippen LogP) is 6.15. The molecule has 2 heterocycles. The summed E-state index contributed by atoms with van der Waals surface area (Å²) in [6, 6.07) is 14.1. The maximum atomic E-state index is 14.3. The smallest absolute Gasteiger partial charge is 0.410 e. The molecule has 2 aromatic carbocycles. The molecule has 2 fully saturated rings. The van der Waals surface area contributed by atoms with Crippen molar-refractivity contribution in [1.29, 1.82) is 0 Å². The van der Waals surface area contributed by atoms with Crippen LogP contribution in [0.2, 0.25) is 10.0 Å². The molecule has 198 valence electrons.